The van der Waals surface area contributed by atoms with Gasteiger partial charge in [-0.1, -0.05) is 6.07 Å². The van der Waals surface area contributed by atoms with Crippen molar-refractivity contribution < 1.29 is 12.3 Å². The molecule has 0 N–H and O–H groups in total. The Morgan fingerprint density at radius 1 is 1.50 bits per heavy atom. The van der Waals surface area contributed by atoms with Gasteiger partial charge in [0.1, 0.15) is 11.6 Å². The average molecular weight is 218 g/mol. The number of hydrogen-bond acceptors (Lipinski definition) is 4. The maximum absolute atomic E-state index is 12.4. The molecule has 78 valence electrons. The van der Waals surface area contributed by atoms with E-state index in [0.717, 1.165) is 0 Å². The molecular formula is C8H11FN2O2S. The normalized spacial score (nSPS) is 11.4. The van der Waals surface area contributed by atoms with Gasteiger partial charge in [-0.3, -0.25) is 0 Å². The third-order valence-electron chi connectivity index (χ3n) is 1.62. The summed E-state index contributed by atoms with van der Waals surface area (Å²) < 4.78 is 33.4. The van der Waals surface area contributed by atoms with Crippen molar-refractivity contribution >= 4 is 16.0 Å². The van der Waals surface area contributed by atoms with Crippen LogP contribution in [-0.2, 0) is 16.0 Å². The summed E-state index contributed by atoms with van der Waals surface area (Å²) in [5, 5.41) is 0. The molecule has 0 bridgehead atoms. The molecule has 0 saturated heterocycles. The summed E-state index contributed by atoms with van der Waals surface area (Å²) in [6, 6.07) is 3.12. The molecule has 4 nitrogen and oxygen atoms in total. The van der Waals surface area contributed by atoms with Crippen molar-refractivity contribution in [2.75, 3.05) is 19.0 Å². The Kier molecular flexibility index (Phi) is 3.05. The van der Waals surface area contributed by atoms with E-state index in [1.807, 2.05) is 0 Å². The molecule has 1 aromatic heterocycles. The summed E-state index contributed by atoms with van der Waals surface area (Å²) >= 11 is 0. The number of rotatable bonds is 3. The van der Waals surface area contributed by atoms with Crippen LogP contribution in [-0.4, -0.2) is 27.5 Å². The van der Waals surface area contributed by atoms with Crippen molar-refractivity contribution in [3.8, 4) is 0 Å². The molecule has 0 aliphatic heterocycles. The highest BCUT2D eigenvalue weighted by Gasteiger charge is 2.13. The van der Waals surface area contributed by atoms with Gasteiger partial charge in [0.05, 0.1) is 0 Å². The van der Waals surface area contributed by atoms with Crippen molar-refractivity contribution in [3.63, 3.8) is 0 Å². The summed E-state index contributed by atoms with van der Waals surface area (Å²) in [6.45, 7) is 0. The van der Waals surface area contributed by atoms with Gasteiger partial charge in [-0.05, 0) is 6.07 Å². The largest absolute Gasteiger partial charge is 0.362 e. The van der Waals surface area contributed by atoms with Gasteiger partial charge in [0.25, 0.3) is 0 Å². The minimum atomic E-state index is -4.50. The lowest BCUT2D eigenvalue weighted by atomic mass is 10.3. The Balaban J connectivity index is 3.08. The van der Waals surface area contributed by atoms with Crippen LogP contribution in [0.15, 0.2) is 18.3 Å². The third-order valence-corrected chi connectivity index (χ3v) is 2.27. The van der Waals surface area contributed by atoms with Crippen molar-refractivity contribution in [1.82, 2.24) is 4.98 Å². The first-order valence-corrected chi connectivity index (χ1v) is 5.49. The summed E-state index contributed by atoms with van der Waals surface area (Å²) in [5.41, 5.74) is 0.361. The Bertz CT molecular complexity index is 417. The first-order valence-electron chi connectivity index (χ1n) is 3.94. The summed E-state index contributed by atoms with van der Waals surface area (Å²) in [4.78, 5) is 5.60. The van der Waals surface area contributed by atoms with Gasteiger partial charge in [-0.2, -0.15) is 8.42 Å². The van der Waals surface area contributed by atoms with Crippen LogP contribution in [0.4, 0.5) is 9.70 Å². The SMILES string of the molecule is CN(C)c1ncccc1CS(=O)(=O)F. The molecule has 1 heterocycles. The average Bonchev–Trinajstić information content (AvgIpc) is 2.01. The van der Waals surface area contributed by atoms with Crippen LogP contribution in [0.1, 0.15) is 5.56 Å². The monoisotopic (exact) mass is 218 g/mol. The lowest BCUT2D eigenvalue weighted by Crippen LogP contribution is -2.14. The van der Waals surface area contributed by atoms with E-state index in [-0.39, 0.29) is 0 Å². The van der Waals surface area contributed by atoms with Crippen LogP contribution < -0.4 is 4.90 Å². The molecule has 6 heteroatoms. The number of nitrogens with zero attached hydrogens (tertiary/aromatic N) is 2. The standard InChI is InChI=1S/C8H11FN2O2S/c1-11(2)8-7(4-3-5-10-8)6-14(9,12)13/h3-5H,6H2,1-2H3. The van der Waals surface area contributed by atoms with Gasteiger partial charge in [-0.25, -0.2) is 4.98 Å². The zero-order valence-corrected chi connectivity index (χ0v) is 8.75. The second-order valence-corrected chi connectivity index (χ2v) is 4.43. The van der Waals surface area contributed by atoms with Crippen LogP contribution in [0.5, 0.6) is 0 Å². The fraction of sp³-hybridized carbons (Fsp3) is 0.375. The highest BCUT2D eigenvalue weighted by Crippen LogP contribution is 2.17. The first kappa shape index (κ1) is 10.9. The minimum absolute atomic E-state index is 0.361. The summed E-state index contributed by atoms with van der Waals surface area (Å²) in [5.74, 6) is -0.164. The second kappa shape index (κ2) is 3.91. The maximum Gasteiger partial charge on any atom is 0.306 e. The molecule has 0 unspecified atom stereocenters. The smallest absolute Gasteiger partial charge is 0.306 e. The molecule has 0 aromatic carbocycles. The Morgan fingerprint density at radius 2 is 2.14 bits per heavy atom. The fourth-order valence-corrected chi connectivity index (χ4v) is 1.73. The van der Waals surface area contributed by atoms with Gasteiger partial charge >= 0.3 is 10.2 Å². The van der Waals surface area contributed by atoms with E-state index in [1.165, 1.54) is 6.20 Å². The van der Waals surface area contributed by atoms with E-state index in [9.17, 15) is 12.3 Å². The van der Waals surface area contributed by atoms with Gasteiger partial charge in [-0.15, -0.1) is 3.89 Å². The number of halogens is 1. The lowest BCUT2D eigenvalue weighted by Gasteiger charge is -2.14. The second-order valence-electron chi connectivity index (χ2n) is 3.06. The van der Waals surface area contributed by atoms with Crippen molar-refractivity contribution in [2.45, 2.75) is 5.75 Å². The molecule has 0 aliphatic carbocycles. The molecule has 0 radical (unpaired) electrons. The molecule has 0 aliphatic rings. The Morgan fingerprint density at radius 3 is 2.64 bits per heavy atom. The molecule has 0 fully saturated rings. The topological polar surface area (TPSA) is 50.3 Å². The van der Waals surface area contributed by atoms with E-state index in [0.29, 0.717) is 11.4 Å². The summed E-state index contributed by atoms with van der Waals surface area (Å²) in [6.07, 6.45) is 1.53. The molecule has 0 amide bonds. The van der Waals surface area contributed by atoms with E-state index in [4.69, 9.17) is 0 Å². The quantitative estimate of drug-likeness (QED) is 0.709. The highest BCUT2D eigenvalue weighted by molar-refractivity contribution is 7.85. The van der Waals surface area contributed by atoms with Crippen LogP contribution in [0.3, 0.4) is 0 Å². The van der Waals surface area contributed by atoms with Crippen molar-refractivity contribution in [1.29, 1.82) is 0 Å². The predicted molar refractivity (Wildman–Crippen MR) is 52.3 cm³/mol. The molecule has 0 atom stereocenters. The van der Waals surface area contributed by atoms with E-state index in [2.05, 4.69) is 4.98 Å². The lowest BCUT2D eigenvalue weighted by molar-refractivity contribution is 0.551. The molecule has 14 heavy (non-hydrogen) atoms. The molecular weight excluding hydrogens is 207 g/mol. The van der Waals surface area contributed by atoms with Gasteiger partial charge in [0.15, 0.2) is 0 Å². The number of aromatic nitrogens is 1. The zero-order valence-electron chi connectivity index (χ0n) is 7.94. The van der Waals surface area contributed by atoms with Gasteiger partial charge < -0.3 is 4.90 Å². The zero-order chi connectivity index (χ0) is 10.8. The predicted octanol–water partition coefficient (Wildman–Crippen LogP) is 0.947. The fourth-order valence-electron chi connectivity index (χ4n) is 1.13. The number of anilines is 1. The van der Waals surface area contributed by atoms with Crippen molar-refractivity contribution in [3.05, 3.63) is 23.9 Å². The minimum Gasteiger partial charge on any atom is -0.362 e. The third kappa shape index (κ3) is 2.95. The van der Waals surface area contributed by atoms with E-state index in [1.54, 1.807) is 31.1 Å². The highest BCUT2D eigenvalue weighted by atomic mass is 32.3. The molecule has 0 spiro atoms. The molecule has 1 aromatic rings. The van der Waals surface area contributed by atoms with E-state index < -0.39 is 16.0 Å². The molecule has 0 saturated carbocycles. The van der Waals surface area contributed by atoms with Gasteiger partial charge in [0.2, 0.25) is 0 Å². The number of hydrogen-bond donors (Lipinski definition) is 0. The first-order chi connectivity index (χ1) is 6.40. The van der Waals surface area contributed by atoms with E-state index >= 15 is 0 Å². The van der Waals surface area contributed by atoms with Crippen LogP contribution in [0.25, 0.3) is 0 Å². The van der Waals surface area contributed by atoms with Crippen LogP contribution >= 0.6 is 0 Å². The maximum atomic E-state index is 12.4. The van der Waals surface area contributed by atoms with Gasteiger partial charge in [0, 0.05) is 25.9 Å². The van der Waals surface area contributed by atoms with Crippen LogP contribution in [0, 0.1) is 0 Å². The van der Waals surface area contributed by atoms with Crippen LogP contribution in [0.2, 0.25) is 0 Å². The summed E-state index contributed by atoms with van der Waals surface area (Å²) in [7, 11) is -1.06. The Hall–Kier alpha value is -1.17. The Labute approximate surface area is 82.6 Å². The number of pyridine rings is 1. The molecule has 1 rings (SSSR count). The van der Waals surface area contributed by atoms with Crippen molar-refractivity contribution in [2.24, 2.45) is 0 Å².